The third-order valence-electron chi connectivity index (χ3n) is 3.17. The molecule has 2 aliphatic heterocycles. The van der Waals surface area contributed by atoms with E-state index in [1.807, 2.05) is 0 Å². The van der Waals surface area contributed by atoms with Gasteiger partial charge in [-0.15, -0.1) is 0 Å². The van der Waals surface area contributed by atoms with Gasteiger partial charge in [-0.25, -0.2) is 9.59 Å². The van der Waals surface area contributed by atoms with Crippen molar-refractivity contribution >= 4 is 11.9 Å². The van der Waals surface area contributed by atoms with Gasteiger partial charge < -0.3 is 14.2 Å². The summed E-state index contributed by atoms with van der Waals surface area (Å²) in [6, 6.07) is 0. The molecule has 17 heavy (non-hydrogen) atoms. The maximum absolute atomic E-state index is 11.8. The highest BCUT2D eigenvalue weighted by atomic mass is 16.6. The summed E-state index contributed by atoms with van der Waals surface area (Å²) in [5, 5.41) is 0. The standard InChI is InChI=1S/C12H14O5/c1-11-5-6-12(2,17-11)8(10(14)16-4)7(11)9(13)15-3/h5-6H,1-4H3/t11-,12?/m0/s1. The summed E-state index contributed by atoms with van der Waals surface area (Å²) in [4.78, 5) is 23.6. The number of hydrogen-bond acceptors (Lipinski definition) is 5. The van der Waals surface area contributed by atoms with Gasteiger partial charge in [0.05, 0.1) is 25.4 Å². The predicted octanol–water partition coefficient (Wildman–Crippen LogP) is 0.746. The Morgan fingerprint density at radius 1 is 1.00 bits per heavy atom. The van der Waals surface area contributed by atoms with Gasteiger partial charge in [0.1, 0.15) is 11.2 Å². The Kier molecular flexibility index (Phi) is 2.39. The van der Waals surface area contributed by atoms with E-state index in [0.717, 1.165) is 0 Å². The van der Waals surface area contributed by atoms with Crippen molar-refractivity contribution in [3.05, 3.63) is 23.3 Å². The van der Waals surface area contributed by atoms with Gasteiger partial charge in [0.2, 0.25) is 0 Å². The number of methoxy groups -OCH3 is 2. The molecule has 2 aliphatic rings. The van der Waals surface area contributed by atoms with E-state index in [-0.39, 0.29) is 11.1 Å². The fraction of sp³-hybridized carbons (Fsp3) is 0.500. The number of carbonyl (C=O) groups is 2. The molecule has 1 unspecified atom stereocenters. The van der Waals surface area contributed by atoms with Gasteiger partial charge in [0.15, 0.2) is 0 Å². The largest absolute Gasteiger partial charge is 0.466 e. The van der Waals surface area contributed by atoms with Crippen molar-refractivity contribution in [3.8, 4) is 0 Å². The zero-order chi connectivity index (χ0) is 12.8. The van der Waals surface area contributed by atoms with E-state index in [1.54, 1.807) is 26.0 Å². The van der Waals surface area contributed by atoms with E-state index >= 15 is 0 Å². The Hall–Kier alpha value is -1.62. The molecular weight excluding hydrogens is 224 g/mol. The van der Waals surface area contributed by atoms with E-state index in [9.17, 15) is 9.59 Å². The minimum atomic E-state index is -0.911. The average Bonchev–Trinajstić information content (AvgIpc) is 2.72. The smallest absolute Gasteiger partial charge is 0.337 e. The highest BCUT2D eigenvalue weighted by Gasteiger charge is 2.57. The summed E-state index contributed by atoms with van der Waals surface area (Å²) in [5.74, 6) is -1.14. The Morgan fingerprint density at radius 3 is 1.65 bits per heavy atom. The highest BCUT2D eigenvalue weighted by Crippen LogP contribution is 2.50. The molecule has 0 aromatic heterocycles. The van der Waals surface area contributed by atoms with E-state index in [4.69, 9.17) is 14.2 Å². The van der Waals surface area contributed by atoms with Crippen molar-refractivity contribution < 1.29 is 23.8 Å². The Bertz CT molecular complexity index is 422. The second-order valence-corrected chi connectivity index (χ2v) is 4.38. The molecule has 0 aromatic carbocycles. The van der Waals surface area contributed by atoms with Gasteiger partial charge >= 0.3 is 11.9 Å². The molecule has 0 radical (unpaired) electrons. The number of carbonyl (C=O) groups excluding carboxylic acids is 2. The van der Waals surface area contributed by atoms with Gasteiger partial charge in [-0.05, 0) is 26.0 Å². The van der Waals surface area contributed by atoms with Crippen LogP contribution in [0, 0.1) is 0 Å². The van der Waals surface area contributed by atoms with Crippen LogP contribution in [-0.4, -0.2) is 37.4 Å². The van der Waals surface area contributed by atoms with Crippen molar-refractivity contribution in [2.45, 2.75) is 25.0 Å². The lowest BCUT2D eigenvalue weighted by Crippen LogP contribution is -2.29. The fourth-order valence-corrected chi connectivity index (χ4v) is 2.41. The third kappa shape index (κ3) is 1.42. The van der Waals surface area contributed by atoms with Gasteiger partial charge in [-0.1, -0.05) is 0 Å². The Morgan fingerprint density at radius 2 is 1.35 bits per heavy atom. The molecule has 2 bridgehead atoms. The van der Waals surface area contributed by atoms with Crippen molar-refractivity contribution in [2.75, 3.05) is 14.2 Å². The van der Waals surface area contributed by atoms with Crippen molar-refractivity contribution in [3.63, 3.8) is 0 Å². The first-order valence-corrected chi connectivity index (χ1v) is 5.20. The second kappa shape index (κ2) is 3.43. The molecule has 2 atom stereocenters. The van der Waals surface area contributed by atoms with Crippen LogP contribution in [0.4, 0.5) is 0 Å². The molecular formula is C12H14O5. The number of hydrogen-bond donors (Lipinski definition) is 0. The Balaban J connectivity index is 2.61. The van der Waals surface area contributed by atoms with Crippen molar-refractivity contribution in [2.24, 2.45) is 0 Å². The lowest BCUT2D eigenvalue weighted by atomic mass is 9.83. The van der Waals surface area contributed by atoms with Crippen LogP contribution in [0.5, 0.6) is 0 Å². The summed E-state index contributed by atoms with van der Waals surface area (Å²) in [6.07, 6.45) is 3.51. The molecule has 0 spiro atoms. The van der Waals surface area contributed by atoms with E-state index in [0.29, 0.717) is 0 Å². The lowest BCUT2D eigenvalue weighted by molar-refractivity contribution is -0.139. The summed E-state index contributed by atoms with van der Waals surface area (Å²) in [7, 11) is 2.54. The molecule has 0 saturated carbocycles. The molecule has 0 aliphatic carbocycles. The minimum absolute atomic E-state index is 0.219. The van der Waals surface area contributed by atoms with Crippen LogP contribution in [0.1, 0.15) is 13.8 Å². The van der Waals surface area contributed by atoms with E-state index in [1.165, 1.54) is 14.2 Å². The molecule has 0 fully saturated rings. The SMILES string of the molecule is COC(=O)C1=C(C(=O)OC)[C@]2(C)C=CC1(C)O2. The van der Waals surface area contributed by atoms with Crippen LogP contribution >= 0.6 is 0 Å². The summed E-state index contributed by atoms with van der Waals surface area (Å²) in [5.41, 5.74) is -1.38. The molecule has 0 aromatic rings. The van der Waals surface area contributed by atoms with Crippen LogP contribution < -0.4 is 0 Å². The number of rotatable bonds is 2. The predicted molar refractivity (Wildman–Crippen MR) is 58.1 cm³/mol. The number of esters is 2. The minimum Gasteiger partial charge on any atom is -0.466 e. The number of fused-ring (bicyclic) bond motifs is 2. The van der Waals surface area contributed by atoms with Crippen LogP contribution in [0.3, 0.4) is 0 Å². The first-order valence-electron chi connectivity index (χ1n) is 5.20. The molecule has 92 valence electrons. The van der Waals surface area contributed by atoms with Gasteiger partial charge in [-0.3, -0.25) is 0 Å². The summed E-state index contributed by atoms with van der Waals surface area (Å²) < 4.78 is 15.1. The van der Waals surface area contributed by atoms with Crippen molar-refractivity contribution in [1.82, 2.24) is 0 Å². The molecule has 0 saturated heterocycles. The second-order valence-electron chi connectivity index (χ2n) is 4.38. The zero-order valence-electron chi connectivity index (χ0n) is 10.2. The average molecular weight is 238 g/mol. The zero-order valence-corrected chi connectivity index (χ0v) is 10.2. The van der Waals surface area contributed by atoms with Gasteiger partial charge in [-0.2, -0.15) is 0 Å². The molecule has 2 rings (SSSR count). The summed E-state index contributed by atoms with van der Waals surface area (Å²) in [6.45, 7) is 3.44. The van der Waals surface area contributed by atoms with E-state index < -0.39 is 23.1 Å². The molecule has 0 amide bonds. The quantitative estimate of drug-likeness (QED) is 0.524. The molecule has 5 nitrogen and oxygen atoms in total. The van der Waals surface area contributed by atoms with Crippen LogP contribution in [0.25, 0.3) is 0 Å². The topological polar surface area (TPSA) is 61.8 Å². The third-order valence-corrected chi connectivity index (χ3v) is 3.17. The van der Waals surface area contributed by atoms with E-state index in [2.05, 4.69) is 0 Å². The van der Waals surface area contributed by atoms with Gasteiger partial charge in [0.25, 0.3) is 0 Å². The van der Waals surface area contributed by atoms with Crippen LogP contribution in [0.15, 0.2) is 23.3 Å². The van der Waals surface area contributed by atoms with Gasteiger partial charge in [0, 0.05) is 0 Å². The first-order chi connectivity index (χ1) is 7.88. The Labute approximate surface area is 99.0 Å². The maximum Gasteiger partial charge on any atom is 0.337 e. The van der Waals surface area contributed by atoms with Crippen LogP contribution in [0.2, 0.25) is 0 Å². The molecule has 2 heterocycles. The summed E-state index contributed by atoms with van der Waals surface area (Å²) >= 11 is 0. The maximum atomic E-state index is 11.8. The molecule has 0 N–H and O–H groups in total. The van der Waals surface area contributed by atoms with Crippen LogP contribution in [-0.2, 0) is 23.8 Å². The molecule has 5 heteroatoms. The normalized spacial score (nSPS) is 34.1. The monoisotopic (exact) mass is 238 g/mol. The highest BCUT2D eigenvalue weighted by molar-refractivity contribution is 6.05. The lowest BCUT2D eigenvalue weighted by Gasteiger charge is -2.20. The van der Waals surface area contributed by atoms with Crippen molar-refractivity contribution in [1.29, 1.82) is 0 Å². The fourth-order valence-electron chi connectivity index (χ4n) is 2.41. The number of ether oxygens (including phenoxy) is 3. The first kappa shape index (κ1) is 11.9.